The Balaban J connectivity index is 1.97. The molecule has 2 aromatic carbocycles. The number of aryl methyl sites for hydroxylation is 1. The van der Waals surface area contributed by atoms with E-state index in [4.69, 9.17) is 0 Å². The fourth-order valence-corrected chi connectivity index (χ4v) is 4.47. The highest BCUT2D eigenvalue weighted by Crippen LogP contribution is 2.21. The van der Waals surface area contributed by atoms with Crippen LogP contribution in [-0.4, -0.2) is 36.5 Å². The van der Waals surface area contributed by atoms with Gasteiger partial charge in [0.05, 0.1) is 22.8 Å². The van der Waals surface area contributed by atoms with Gasteiger partial charge < -0.3 is 0 Å². The Morgan fingerprint density at radius 2 is 1.83 bits per heavy atom. The van der Waals surface area contributed by atoms with Crippen molar-refractivity contribution in [1.82, 2.24) is 14.3 Å². The Morgan fingerprint density at radius 1 is 1.10 bits per heavy atom. The summed E-state index contributed by atoms with van der Waals surface area (Å²) in [6.07, 6.45) is 4.41. The summed E-state index contributed by atoms with van der Waals surface area (Å²) in [7, 11) is -3.25. The van der Waals surface area contributed by atoms with Crippen LogP contribution in [0.25, 0.3) is 16.6 Å². The topological polar surface area (TPSA) is 81.1 Å². The Bertz CT molecular complexity index is 1140. The number of sulfonamides is 1. The number of hydrogen-bond donors (Lipinski definition) is 1. The molecule has 1 N–H and O–H groups in total. The van der Waals surface area contributed by atoms with Crippen molar-refractivity contribution in [3.63, 3.8) is 0 Å². The Hall–Kier alpha value is -2.16. The lowest BCUT2D eigenvalue weighted by Crippen LogP contribution is -2.25. The quantitative estimate of drug-likeness (QED) is 0.319. The Kier molecular flexibility index (Phi) is 7.10. The van der Waals surface area contributed by atoms with Crippen LogP contribution in [0.2, 0.25) is 0 Å². The summed E-state index contributed by atoms with van der Waals surface area (Å²) in [6.45, 7) is 2.43. The minimum absolute atomic E-state index is 0.129. The lowest BCUT2D eigenvalue weighted by Gasteiger charge is -2.14. The Morgan fingerprint density at radius 3 is 2.52 bits per heavy atom. The second-order valence-electron chi connectivity index (χ2n) is 6.84. The van der Waals surface area contributed by atoms with Crippen LogP contribution in [0.15, 0.2) is 58.5 Å². The van der Waals surface area contributed by atoms with Crippen molar-refractivity contribution in [2.75, 3.05) is 18.6 Å². The molecule has 3 aromatic rings. The average Bonchev–Trinajstić information content (AvgIpc) is 2.70. The second kappa shape index (κ2) is 9.56. The fourth-order valence-electron chi connectivity index (χ4n) is 3.00. The van der Waals surface area contributed by atoms with Crippen molar-refractivity contribution in [1.29, 1.82) is 0 Å². The first-order chi connectivity index (χ1) is 13.9. The highest BCUT2D eigenvalue weighted by molar-refractivity contribution is 7.99. The van der Waals surface area contributed by atoms with Crippen LogP contribution < -0.4 is 10.3 Å². The largest absolute Gasteiger partial charge is 0.268 e. The highest BCUT2D eigenvalue weighted by Gasteiger charge is 2.13. The summed E-state index contributed by atoms with van der Waals surface area (Å²) in [5.41, 5.74) is 2.50. The maximum atomic E-state index is 13.2. The molecule has 0 fully saturated rings. The molecule has 6 nitrogen and oxygen atoms in total. The van der Waals surface area contributed by atoms with E-state index in [1.54, 1.807) is 10.6 Å². The Labute approximate surface area is 175 Å². The summed E-state index contributed by atoms with van der Waals surface area (Å²) in [4.78, 5) is 17.9. The SMILES string of the molecule is CCCCc1ccc(-n2c(SCCNS(C)(=O)=O)nc3ccccc3c2=O)cc1. The van der Waals surface area contributed by atoms with Crippen molar-refractivity contribution in [2.24, 2.45) is 0 Å². The standard InChI is InChI=1S/C21H25N3O3S2/c1-3-4-7-16-10-12-17(13-11-16)24-20(25)18-8-5-6-9-19(18)23-21(24)28-15-14-22-29(2,26)27/h5-6,8-13,22H,3-4,7,14-15H2,1-2H3. The van der Waals surface area contributed by atoms with E-state index in [1.165, 1.54) is 17.3 Å². The molecule has 0 unspecified atom stereocenters. The first-order valence-electron chi connectivity index (χ1n) is 9.57. The number of rotatable bonds is 9. The molecule has 0 aliphatic carbocycles. The lowest BCUT2D eigenvalue weighted by atomic mass is 10.1. The van der Waals surface area contributed by atoms with Crippen LogP contribution in [0.5, 0.6) is 0 Å². The smallest absolute Gasteiger partial charge is 0.266 e. The predicted molar refractivity (Wildman–Crippen MR) is 120 cm³/mol. The number of thioether (sulfide) groups is 1. The zero-order valence-electron chi connectivity index (χ0n) is 16.6. The number of benzene rings is 2. The van der Waals surface area contributed by atoms with Crippen molar-refractivity contribution < 1.29 is 8.42 Å². The molecule has 0 amide bonds. The second-order valence-corrected chi connectivity index (χ2v) is 9.73. The van der Waals surface area contributed by atoms with Gasteiger partial charge in [-0.2, -0.15) is 0 Å². The number of unbranched alkanes of at least 4 members (excludes halogenated alkanes) is 1. The first kappa shape index (κ1) is 21.5. The average molecular weight is 432 g/mol. The molecule has 0 saturated carbocycles. The van der Waals surface area contributed by atoms with E-state index in [0.29, 0.717) is 21.8 Å². The van der Waals surface area contributed by atoms with Crippen molar-refractivity contribution >= 4 is 32.7 Å². The minimum atomic E-state index is -3.25. The zero-order chi connectivity index (χ0) is 20.9. The number of fused-ring (bicyclic) bond motifs is 1. The predicted octanol–water partition coefficient (Wildman–Crippen LogP) is 3.37. The molecule has 8 heteroatoms. The van der Waals surface area contributed by atoms with Gasteiger partial charge in [-0.15, -0.1) is 0 Å². The molecule has 1 aromatic heterocycles. The molecule has 0 aliphatic heterocycles. The molecule has 154 valence electrons. The maximum Gasteiger partial charge on any atom is 0.266 e. The van der Waals surface area contributed by atoms with Gasteiger partial charge in [0.15, 0.2) is 5.16 Å². The summed E-state index contributed by atoms with van der Waals surface area (Å²) in [5, 5.41) is 1.10. The van der Waals surface area contributed by atoms with Gasteiger partial charge in [-0.1, -0.05) is 49.4 Å². The first-order valence-corrected chi connectivity index (χ1v) is 12.5. The van der Waals surface area contributed by atoms with Gasteiger partial charge in [0, 0.05) is 12.3 Å². The summed E-state index contributed by atoms with van der Waals surface area (Å²) in [6, 6.07) is 15.2. The molecule has 0 saturated heterocycles. The summed E-state index contributed by atoms with van der Waals surface area (Å²) >= 11 is 1.35. The van der Waals surface area contributed by atoms with E-state index >= 15 is 0 Å². The summed E-state index contributed by atoms with van der Waals surface area (Å²) in [5.74, 6) is 0.465. The monoisotopic (exact) mass is 431 g/mol. The molecule has 29 heavy (non-hydrogen) atoms. The maximum absolute atomic E-state index is 13.2. The van der Waals surface area contributed by atoms with Crippen LogP contribution in [0.3, 0.4) is 0 Å². The molecular formula is C21H25N3O3S2. The number of nitrogens with zero attached hydrogens (tertiary/aromatic N) is 2. The molecule has 0 atom stereocenters. The highest BCUT2D eigenvalue weighted by atomic mass is 32.2. The number of hydrogen-bond acceptors (Lipinski definition) is 5. The molecular weight excluding hydrogens is 406 g/mol. The molecule has 0 spiro atoms. The van der Waals surface area contributed by atoms with Crippen LogP contribution in [0.4, 0.5) is 0 Å². The molecule has 0 bridgehead atoms. The molecule has 0 radical (unpaired) electrons. The van der Waals surface area contributed by atoms with E-state index in [2.05, 4.69) is 16.6 Å². The van der Waals surface area contributed by atoms with E-state index in [0.717, 1.165) is 31.2 Å². The van der Waals surface area contributed by atoms with Gasteiger partial charge >= 0.3 is 0 Å². The van der Waals surface area contributed by atoms with Gasteiger partial charge in [0.1, 0.15) is 0 Å². The third-order valence-electron chi connectivity index (χ3n) is 4.46. The van der Waals surface area contributed by atoms with Crippen LogP contribution in [-0.2, 0) is 16.4 Å². The van der Waals surface area contributed by atoms with E-state index in [-0.39, 0.29) is 12.1 Å². The minimum Gasteiger partial charge on any atom is -0.268 e. The van der Waals surface area contributed by atoms with E-state index < -0.39 is 10.0 Å². The van der Waals surface area contributed by atoms with Crippen molar-refractivity contribution in [3.05, 3.63) is 64.4 Å². The normalized spacial score (nSPS) is 11.8. The van der Waals surface area contributed by atoms with Crippen LogP contribution >= 0.6 is 11.8 Å². The molecule has 0 aliphatic rings. The van der Waals surface area contributed by atoms with Crippen LogP contribution in [0.1, 0.15) is 25.3 Å². The van der Waals surface area contributed by atoms with E-state index in [9.17, 15) is 13.2 Å². The summed E-state index contributed by atoms with van der Waals surface area (Å²) < 4.78 is 26.6. The zero-order valence-corrected chi connectivity index (χ0v) is 18.2. The van der Waals surface area contributed by atoms with Crippen LogP contribution in [0, 0.1) is 0 Å². The van der Waals surface area contributed by atoms with Gasteiger partial charge in [0.25, 0.3) is 5.56 Å². The number of aromatic nitrogens is 2. The fraction of sp³-hybridized carbons (Fsp3) is 0.333. The third kappa shape index (κ3) is 5.68. The van der Waals surface area contributed by atoms with Gasteiger partial charge in [-0.05, 0) is 42.7 Å². The third-order valence-corrected chi connectivity index (χ3v) is 6.12. The number of para-hydroxylation sites is 1. The van der Waals surface area contributed by atoms with Gasteiger partial charge in [-0.3, -0.25) is 9.36 Å². The van der Waals surface area contributed by atoms with Crippen molar-refractivity contribution in [2.45, 2.75) is 31.3 Å². The van der Waals surface area contributed by atoms with Gasteiger partial charge in [0.2, 0.25) is 10.0 Å². The van der Waals surface area contributed by atoms with E-state index in [1.807, 2.05) is 42.5 Å². The molecule has 3 rings (SSSR count). The van der Waals surface area contributed by atoms with Crippen molar-refractivity contribution in [3.8, 4) is 5.69 Å². The lowest BCUT2D eigenvalue weighted by molar-refractivity contribution is 0.590. The van der Waals surface area contributed by atoms with Gasteiger partial charge in [-0.25, -0.2) is 18.1 Å². The number of nitrogens with one attached hydrogen (secondary N) is 1. The molecule has 1 heterocycles.